The summed E-state index contributed by atoms with van der Waals surface area (Å²) in [5.41, 5.74) is -0.397. The molecule has 1 saturated heterocycles. The van der Waals surface area contributed by atoms with Gasteiger partial charge < -0.3 is 14.4 Å². The number of carbonyl (C=O) groups excluding carboxylic acids is 1. The first-order chi connectivity index (χ1) is 16.4. The lowest BCUT2D eigenvalue weighted by Crippen LogP contribution is -2.44. The molecule has 0 saturated carbocycles. The molecule has 1 fully saturated rings. The largest absolute Gasteiger partial charge is 0.493 e. The fourth-order valence-corrected chi connectivity index (χ4v) is 8.89. The molecule has 0 bridgehead atoms. The fraction of sp³-hybridized carbons (Fsp3) is 0.480. The van der Waals surface area contributed by atoms with Crippen molar-refractivity contribution in [1.29, 1.82) is 0 Å². The van der Waals surface area contributed by atoms with E-state index in [1.165, 1.54) is 18.2 Å². The number of hydrogen-bond acceptors (Lipinski definition) is 7. The van der Waals surface area contributed by atoms with Crippen LogP contribution in [0.5, 0.6) is 5.75 Å². The third kappa shape index (κ3) is 5.48. The van der Waals surface area contributed by atoms with Gasteiger partial charge in [-0.1, -0.05) is 24.3 Å². The number of fused-ring (bicyclic) bond motifs is 1. The second-order valence-corrected chi connectivity index (χ2v) is 14.2. The maximum absolute atomic E-state index is 13.4. The predicted molar refractivity (Wildman–Crippen MR) is 131 cm³/mol. The Hall–Kier alpha value is -2.59. The van der Waals surface area contributed by atoms with E-state index in [9.17, 15) is 21.6 Å². The van der Waals surface area contributed by atoms with Gasteiger partial charge in [-0.05, 0) is 57.9 Å². The molecule has 0 N–H and O–H groups in total. The smallest absolute Gasteiger partial charge is 0.410 e. The number of likely N-dealkylation sites (tertiary alicyclic amines) is 1. The monoisotopic (exact) mass is 521 g/mol. The van der Waals surface area contributed by atoms with Gasteiger partial charge >= 0.3 is 6.09 Å². The highest BCUT2D eigenvalue weighted by molar-refractivity contribution is 7.96. The number of amides is 1. The van der Waals surface area contributed by atoms with E-state index in [2.05, 4.69) is 0 Å². The van der Waals surface area contributed by atoms with Gasteiger partial charge in [0, 0.05) is 24.6 Å². The first-order valence-corrected chi connectivity index (χ1v) is 14.8. The second-order valence-electron chi connectivity index (χ2n) is 10.0. The van der Waals surface area contributed by atoms with Crippen molar-refractivity contribution in [3.05, 3.63) is 54.1 Å². The van der Waals surface area contributed by atoms with Crippen LogP contribution in [-0.4, -0.2) is 58.9 Å². The molecule has 0 radical (unpaired) electrons. The number of piperidine rings is 1. The molecular weight excluding hydrogens is 490 g/mol. The van der Waals surface area contributed by atoms with Crippen molar-refractivity contribution in [3.8, 4) is 5.75 Å². The molecule has 190 valence electrons. The average molecular weight is 522 g/mol. The van der Waals surface area contributed by atoms with Crippen molar-refractivity contribution in [2.24, 2.45) is 5.92 Å². The zero-order valence-electron chi connectivity index (χ0n) is 20.1. The van der Waals surface area contributed by atoms with Gasteiger partial charge in [0.1, 0.15) is 16.6 Å². The van der Waals surface area contributed by atoms with Crippen molar-refractivity contribution < 1.29 is 31.1 Å². The van der Waals surface area contributed by atoms with Crippen LogP contribution in [-0.2, 0) is 24.4 Å². The molecule has 8 nitrogen and oxygen atoms in total. The Bertz CT molecular complexity index is 1300. The number of benzene rings is 2. The average Bonchev–Trinajstić information content (AvgIpc) is 3.09. The third-order valence-corrected chi connectivity index (χ3v) is 10.2. The Morgan fingerprint density at radius 2 is 1.80 bits per heavy atom. The molecule has 10 heteroatoms. The highest BCUT2D eigenvalue weighted by Crippen LogP contribution is 2.45. The van der Waals surface area contributed by atoms with Crippen LogP contribution in [0.4, 0.5) is 4.79 Å². The van der Waals surface area contributed by atoms with Gasteiger partial charge in [-0.25, -0.2) is 21.6 Å². The molecule has 2 aliphatic rings. The van der Waals surface area contributed by atoms with E-state index in [1.807, 2.05) is 20.8 Å². The van der Waals surface area contributed by atoms with Crippen LogP contribution in [0.1, 0.15) is 44.4 Å². The minimum absolute atomic E-state index is 0.00136. The van der Waals surface area contributed by atoms with E-state index in [4.69, 9.17) is 9.47 Å². The Morgan fingerprint density at radius 3 is 2.49 bits per heavy atom. The Labute approximate surface area is 207 Å². The van der Waals surface area contributed by atoms with Gasteiger partial charge in [0.05, 0.1) is 22.2 Å². The summed E-state index contributed by atoms with van der Waals surface area (Å²) in [5.74, 6) is -0.257. The van der Waals surface area contributed by atoms with Crippen molar-refractivity contribution in [3.63, 3.8) is 0 Å². The first-order valence-electron chi connectivity index (χ1n) is 11.6. The van der Waals surface area contributed by atoms with Gasteiger partial charge in [0.15, 0.2) is 19.7 Å². The van der Waals surface area contributed by atoms with E-state index >= 15 is 0 Å². The standard InChI is InChI=1S/C25H31NO7S2/c1-25(2,3)33-24(27)26-14-8-9-18(15-26)16-32-20-12-7-13-21-23(20)22(17-34(21,28)29)35(30,31)19-10-5-4-6-11-19/h4-7,10-13,18,22H,8-9,14-17H2,1-3H3. The van der Waals surface area contributed by atoms with Crippen LogP contribution in [0.2, 0.25) is 0 Å². The molecule has 2 unspecified atom stereocenters. The minimum atomic E-state index is -3.95. The lowest BCUT2D eigenvalue weighted by molar-refractivity contribution is 0.0139. The number of sulfone groups is 2. The number of rotatable bonds is 5. The Kier molecular flexibility index (Phi) is 6.89. The Balaban J connectivity index is 1.56. The summed E-state index contributed by atoms with van der Waals surface area (Å²) >= 11 is 0. The van der Waals surface area contributed by atoms with E-state index in [0.29, 0.717) is 13.1 Å². The molecule has 1 amide bonds. The van der Waals surface area contributed by atoms with Crippen LogP contribution in [0.25, 0.3) is 0 Å². The van der Waals surface area contributed by atoms with E-state index in [0.717, 1.165) is 12.8 Å². The molecule has 2 aliphatic heterocycles. The van der Waals surface area contributed by atoms with Gasteiger partial charge in [-0.2, -0.15) is 0 Å². The van der Waals surface area contributed by atoms with Gasteiger partial charge in [0.25, 0.3) is 0 Å². The summed E-state index contributed by atoms with van der Waals surface area (Å²) in [6.07, 6.45) is 1.25. The summed E-state index contributed by atoms with van der Waals surface area (Å²) in [6.45, 7) is 6.74. The summed E-state index contributed by atoms with van der Waals surface area (Å²) < 4.78 is 64.0. The van der Waals surface area contributed by atoms with E-state index in [1.54, 1.807) is 35.2 Å². The number of carbonyl (C=O) groups is 1. The van der Waals surface area contributed by atoms with Crippen molar-refractivity contribution in [2.45, 2.75) is 54.3 Å². The summed E-state index contributed by atoms with van der Waals surface area (Å²) in [6, 6.07) is 12.5. The van der Waals surface area contributed by atoms with Crippen LogP contribution >= 0.6 is 0 Å². The lowest BCUT2D eigenvalue weighted by atomic mass is 9.99. The van der Waals surface area contributed by atoms with Crippen molar-refractivity contribution in [1.82, 2.24) is 4.90 Å². The highest BCUT2D eigenvalue weighted by Gasteiger charge is 2.45. The first kappa shape index (κ1) is 25.5. The zero-order chi connectivity index (χ0) is 25.4. The number of hydrogen-bond donors (Lipinski definition) is 0. The molecule has 2 aromatic carbocycles. The van der Waals surface area contributed by atoms with E-state index < -0.39 is 36.3 Å². The van der Waals surface area contributed by atoms with E-state index in [-0.39, 0.29) is 39.7 Å². The third-order valence-electron chi connectivity index (χ3n) is 6.15. The molecule has 4 rings (SSSR count). The quantitative estimate of drug-likeness (QED) is 0.585. The lowest BCUT2D eigenvalue weighted by Gasteiger charge is -2.34. The minimum Gasteiger partial charge on any atom is -0.493 e. The second kappa shape index (κ2) is 9.46. The molecule has 2 aromatic rings. The number of ether oxygens (including phenoxy) is 2. The van der Waals surface area contributed by atoms with Gasteiger partial charge in [-0.15, -0.1) is 0 Å². The van der Waals surface area contributed by atoms with Crippen molar-refractivity contribution in [2.75, 3.05) is 25.4 Å². The topological polar surface area (TPSA) is 107 Å². The summed E-state index contributed by atoms with van der Waals surface area (Å²) in [4.78, 5) is 14.2. The fourth-order valence-electron chi connectivity index (χ4n) is 4.53. The SMILES string of the molecule is CC(C)(C)OC(=O)N1CCCC(COc2cccc3c2C(S(=O)(=O)c2ccccc2)CS3(=O)=O)C1. The van der Waals surface area contributed by atoms with Crippen LogP contribution in [0.3, 0.4) is 0 Å². The van der Waals surface area contributed by atoms with Crippen molar-refractivity contribution >= 4 is 25.8 Å². The predicted octanol–water partition coefficient (Wildman–Crippen LogP) is 4.01. The summed E-state index contributed by atoms with van der Waals surface area (Å²) in [7, 11) is -7.73. The van der Waals surface area contributed by atoms with Gasteiger partial charge in [-0.3, -0.25) is 0 Å². The van der Waals surface area contributed by atoms with Crippen LogP contribution < -0.4 is 4.74 Å². The Morgan fingerprint density at radius 1 is 1.09 bits per heavy atom. The van der Waals surface area contributed by atoms with Gasteiger partial charge in [0.2, 0.25) is 0 Å². The molecule has 0 aliphatic carbocycles. The molecule has 35 heavy (non-hydrogen) atoms. The summed E-state index contributed by atoms with van der Waals surface area (Å²) in [5, 5.41) is -1.24. The molecule has 0 spiro atoms. The van der Waals surface area contributed by atoms with Crippen LogP contribution in [0.15, 0.2) is 58.3 Å². The maximum atomic E-state index is 13.4. The normalized spacial score (nSPS) is 21.9. The molecule has 0 aromatic heterocycles. The number of nitrogens with zero attached hydrogens (tertiary/aromatic N) is 1. The van der Waals surface area contributed by atoms with Crippen LogP contribution in [0, 0.1) is 5.92 Å². The maximum Gasteiger partial charge on any atom is 0.410 e. The molecule has 2 heterocycles. The highest BCUT2D eigenvalue weighted by atomic mass is 32.2. The molecular formula is C25H31NO7S2. The molecule has 2 atom stereocenters. The zero-order valence-corrected chi connectivity index (χ0v) is 21.8.